The van der Waals surface area contributed by atoms with E-state index in [0.29, 0.717) is 19.6 Å². The van der Waals surface area contributed by atoms with Gasteiger partial charge in [-0.3, -0.25) is 29.4 Å². The fourth-order valence-corrected chi connectivity index (χ4v) is 4.44. The highest BCUT2D eigenvalue weighted by Crippen LogP contribution is 2.31. The number of fused-ring (bicyclic) bond motifs is 1. The Morgan fingerprint density at radius 2 is 1.76 bits per heavy atom. The van der Waals surface area contributed by atoms with E-state index in [2.05, 4.69) is 10.2 Å². The predicted octanol–water partition coefficient (Wildman–Crippen LogP) is 1.53. The van der Waals surface area contributed by atoms with Crippen LogP contribution in [0.1, 0.15) is 61.3 Å². The normalized spacial score (nSPS) is 23.6. The number of imide groups is 2. The molecule has 1 aromatic carbocycles. The average molecular weight is 456 g/mol. The summed E-state index contributed by atoms with van der Waals surface area (Å²) in [7, 11) is 0. The van der Waals surface area contributed by atoms with E-state index in [4.69, 9.17) is 4.74 Å². The van der Waals surface area contributed by atoms with E-state index in [1.807, 2.05) is 27.7 Å². The number of carbonyl (C=O) groups is 5. The van der Waals surface area contributed by atoms with Gasteiger partial charge in [0.25, 0.3) is 11.8 Å². The third-order valence-corrected chi connectivity index (χ3v) is 6.04. The maximum absolute atomic E-state index is 13.1. The summed E-state index contributed by atoms with van der Waals surface area (Å²) in [6, 6.07) is 3.93. The summed E-state index contributed by atoms with van der Waals surface area (Å²) in [6.07, 6.45) is -0.161. The lowest BCUT2D eigenvalue weighted by molar-refractivity contribution is -0.136. The second-order valence-electron chi connectivity index (χ2n) is 9.65. The predicted molar refractivity (Wildman–Crippen MR) is 118 cm³/mol. The van der Waals surface area contributed by atoms with Gasteiger partial charge in [-0.2, -0.15) is 0 Å². The number of amides is 5. The molecule has 2 saturated heterocycles. The van der Waals surface area contributed by atoms with Gasteiger partial charge in [0.2, 0.25) is 11.8 Å². The van der Waals surface area contributed by atoms with Crippen LogP contribution in [0.25, 0.3) is 0 Å². The van der Waals surface area contributed by atoms with E-state index in [-0.39, 0.29) is 36.1 Å². The van der Waals surface area contributed by atoms with Crippen LogP contribution in [-0.4, -0.2) is 76.8 Å². The molecule has 3 aliphatic rings. The van der Waals surface area contributed by atoms with E-state index in [9.17, 15) is 24.0 Å². The topological polar surface area (TPSA) is 116 Å². The summed E-state index contributed by atoms with van der Waals surface area (Å²) >= 11 is 0. The average Bonchev–Trinajstić information content (AvgIpc) is 2.97. The highest BCUT2D eigenvalue weighted by atomic mass is 16.6. The van der Waals surface area contributed by atoms with Crippen molar-refractivity contribution >= 4 is 35.4 Å². The Bertz CT molecular complexity index is 1050. The molecular weight excluding hydrogens is 428 g/mol. The summed E-state index contributed by atoms with van der Waals surface area (Å²) in [5.74, 6) is -2.10. The minimum absolute atomic E-state index is 0.0783. The number of benzene rings is 1. The van der Waals surface area contributed by atoms with E-state index in [1.54, 1.807) is 23.1 Å². The number of piperazine rings is 1. The third-order valence-electron chi connectivity index (χ3n) is 6.04. The largest absolute Gasteiger partial charge is 0.444 e. The molecule has 10 nitrogen and oxygen atoms in total. The molecule has 0 saturated carbocycles. The minimum atomic E-state index is -0.990. The monoisotopic (exact) mass is 456 g/mol. The van der Waals surface area contributed by atoms with Crippen LogP contribution in [-0.2, 0) is 14.3 Å². The Morgan fingerprint density at radius 3 is 2.39 bits per heavy atom. The fourth-order valence-electron chi connectivity index (χ4n) is 4.44. The van der Waals surface area contributed by atoms with Crippen molar-refractivity contribution in [2.45, 2.75) is 58.2 Å². The number of nitrogens with one attached hydrogen (secondary N) is 1. The Kier molecular flexibility index (Phi) is 5.63. The first-order chi connectivity index (χ1) is 15.5. The quantitative estimate of drug-likeness (QED) is 0.671. The molecule has 4 rings (SSSR count). The van der Waals surface area contributed by atoms with Crippen molar-refractivity contribution in [2.24, 2.45) is 0 Å². The van der Waals surface area contributed by atoms with Crippen molar-refractivity contribution in [3.05, 3.63) is 29.3 Å². The van der Waals surface area contributed by atoms with Crippen LogP contribution in [0, 0.1) is 0 Å². The molecule has 176 valence electrons. The Morgan fingerprint density at radius 1 is 1.06 bits per heavy atom. The lowest BCUT2D eigenvalue weighted by atomic mass is 10.0. The van der Waals surface area contributed by atoms with Gasteiger partial charge in [0, 0.05) is 37.8 Å². The molecule has 0 aliphatic carbocycles. The number of piperidine rings is 1. The molecule has 1 N–H and O–H groups in total. The van der Waals surface area contributed by atoms with E-state index in [0.717, 1.165) is 10.6 Å². The molecule has 10 heteroatoms. The van der Waals surface area contributed by atoms with Crippen molar-refractivity contribution in [1.82, 2.24) is 15.1 Å². The summed E-state index contributed by atoms with van der Waals surface area (Å²) < 4.78 is 5.49. The molecule has 3 heterocycles. The van der Waals surface area contributed by atoms with Crippen LogP contribution in [0.4, 0.5) is 10.5 Å². The van der Waals surface area contributed by atoms with Crippen molar-refractivity contribution in [3.63, 3.8) is 0 Å². The van der Waals surface area contributed by atoms with E-state index < -0.39 is 35.3 Å². The van der Waals surface area contributed by atoms with Crippen molar-refractivity contribution in [2.75, 3.05) is 24.5 Å². The van der Waals surface area contributed by atoms with Gasteiger partial charge in [-0.1, -0.05) is 0 Å². The van der Waals surface area contributed by atoms with Gasteiger partial charge in [-0.05, 0) is 52.3 Å². The number of ether oxygens (including phenoxy) is 1. The van der Waals surface area contributed by atoms with Crippen LogP contribution < -0.4 is 10.2 Å². The van der Waals surface area contributed by atoms with Crippen molar-refractivity contribution in [1.29, 1.82) is 0 Å². The SMILES string of the molecule is C[C@H]1CN(c2ccc3c(c2)C(=O)N(C2CCC(=O)NC2=O)C3=O)CCN1C(=O)OC(C)(C)C. The zero-order valence-corrected chi connectivity index (χ0v) is 19.2. The van der Waals surface area contributed by atoms with E-state index in [1.165, 1.54) is 0 Å². The second-order valence-corrected chi connectivity index (χ2v) is 9.65. The zero-order valence-electron chi connectivity index (χ0n) is 19.2. The molecule has 0 radical (unpaired) electrons. The Balaban J connectivity index is 1.49. The molecule has 5 amide bonds. The van der Waals surface area contributed by atoms with Crippen LogP contribution in [0.3, 0.4) is 0 Å². The van der Waals surface area contributed by atoms with Gasteiger partial charge in [0.1, 0.15) is 11.6 Å². The molecule has 33 heavy (non-hydrogen) atoms. The first-order valence-corrected chi connectivity index (χ1v) is 11.1. The highest BCUT2D eigenvalue weighted by Gasteiger charge is 2.45. The number of carbonyl (C=O) groups excluding carboxylic acids is 5. The van der Waals surface area contributed by atoms with Crippen molar-refractivity contribution in [3.8, 4) is 0 Å². The minimum Gasteiger partial charge on any atom is -0.444 e. The summed E-state index contributed by atoms with van der Waals surface area (Å²) in [4.78, 5) is 66.8. The number of anilines is 1. The second kappa shape index (κ2) is 8.17. The van der Waals surface area contributed by atoms with Gasteiger partial charge in [0.05, 0.1) is 11.1 Å². The first-order valence-electron chi connectivity index (χ1n) is 11.1. The van der Waals surface area contributed by atoms with Gasteiger partial charge >= 0.3 is 6.09 Å². The summed E-state index contributed by atoms with van der Waals surface area (Å²) in [6.45, 7) is 8.95. The van der Waals surface area contributed by atoms with Crippen LogP contribution in [0.2, 0.25) is 0 Å². The van der Waals surface area contributed by atoms with Crippen LogP contribution in [0.5, 0.6) is 0 Å². The molecule has 2 fully saturated rings. The maximum atomic E-state index is 13.1. The summed E-state index contributed by atoms with van der Waals surface area (Å²) in [5.41, 5.74) is 0.670. The Hall–Kier alpha value is -3.43. The van der Waals surface area contributed by atoms with Gasteiger partial charge < -0.3 is 14.5 Å². The lowest BCUT2D eigenvalue weighted by Gasteiger charge is -2.41. The highest BCUT2D eigenvalue weighted by molar-refractivity contribution is 6.23. The molecule has 0 aromatic heterocycles. The molecular formula is C23H28N4O6. The van der Waals surface area contributed by atoms with Crippen molar-refractivity contribution < 1.29 is 28.7 Å². The smallest absolute Gasteiger partial charge is 0.410 e. The lowest BCUT2D eigenvalue weighted by Crippen LogP contribution is -2.55. The third kappa shape index (κ3) is 4.29. The Labute approximate surface area is 191 Å². The van der Waals surface area contributed by atoms with Gasteiger partial charge in [-0.15, -0.1) is 0 Å². The van der Waals surface area contributed by atoms with Gasteiger partial charge in [0.15, 0.2) is 0 Å². The molecule has 2 atom stereocenters. The zero-order chi connectivity index (χ0) is 24.1. The van der Waals surface area contributed by atoms with Gasteiger partial charge in [-0.25, -0.2) is 4.79 Å². The summed E-state index contributed by atoms with van der Waals surface area (Å²) in [5, 5.41) is 2.19. The molecule has 0 bridgehead atoms. The number of nitrogens with zero attached hydrogens (tertiary/aromatic N) is 3. The standard InChI is InChI=1S/C23H28N4O6/c1-13-12-25(9-10-26(13)22(32)33-23(2,3)4)14-5-6-15-16(11-14)21(31)27(20(15)30)17-7-8-18(28)24-19(17)29/h5-6,11,13,17H,7-10,12H2,1-4H3,(H,24,28,29)/t13-,17?/m0/s1. The molecule has 1 aromatic rings. The van der Waals surface area contributed by atoms with Crippen LogP contribution in [0.15, 0.2) is 18.2 Å². The number of rotatable bonds is 2. The number of hydrogen-bond donors (Lipinski definition) is 1. The number of hydrogen-bond acceptors (Lipinski definition) is 7. The first kappa shape index (κ1) is 22.8. The molecule has 3 aliphatic heterocycles. The van der Waals surface area contributed by atoms with E-state index >= 15 is 0 Å². The molecule has 0 spiro atoms. The molecule has 1 unspecified atom stereocenters. The maximum Gasteiger partial charge on any atom is 0.410 e. The fraction of sp³-hybridized carbons (Fsp3) is 0.522. The van der Waals surface area contributed by atoms with Crippen LogP contribution >= 0.6 is 0 Å².